The number of carbonyl (C=O) groups is 2. The van der Waals surface area contributed by atoms with Crippen LogP contribution in [0.1, 0.15) is 30.9 Å². The summed E-state index contributed by atoms with van der Waals surface area (Å²) in [6.07, 6.45) is 3.55. The average Bonchev–Trinajstić information content (AvgIpc) is 3.44. The Morgan fingerprint density at radius 3 is 2.36 bits per heavy atom. The van der Waals surface area contributed by atoms with Gasteiger partial charge in [0, 0.05) is 43.9 Å². The lowest BCUT2D eigenvalue weighted by Crippen LogP contribution is -2.50. The van der Waals surface area contributed by atoms with Crippen molar-refractivity contribution in [2.45, 2.75) is 31.8 Å². The number of para-hydroxylation sites is 2. The van der Waals surface area contributed by atoms with Crippen LogP contribution in [0.25, 0.3) is 22.3 Å². The number of benzene rings is 3. The molecule has 11 heteroatoms. The van der Waals surface area contributed by atoms with Crippen LogP contribution in [0.2, 0.25) is 0 Å². The van der Waals surface area contributed by atoms with E-state index in [1.54, 1.807) is 4.90 Å². The molecule has 2 aliphatic rings. The number of fused-ring (bicyclic) bond motifs is 1. The molecule has 11 nitrogen and oxygen atoms in total. The van der Waals surface area contributed by atoms with E-state index in [9.17, 15) is 9.59 Å². The molecule has 5 aromatic rings. The fraction of sp³-hybridized carbons (Fsp3) is 0.242. The lowest BCUT2D eigenvalue weighted by molar-refractivity contribution is -0.120. The van der Waals surface area contributed by atoms with E-state index in [0.717, 1.165) is 71.0 Å². The summed E-state index contributed by atoms with van der Waals surface area (Å²) < 4.78 is 7.98. The lowest BCUT2D eigenvalue weighted by atomic mass is 10.0. The van der Waals surface area contributed by atoms with E-state index in [4.69, 9.17) is 15.6 Å². The van der Waals surface area contributed by atoms with Gasteiger partial charge in [-0.2, -0.15) is 5.10 Å². The van der Waals surface area contributed by atoms with Crippen LogP contribution in [0.4, 0.5) is 16.3 Å². The van der Waals surface area contributed by atoms with Crippen molar-refractivity contribution in [3.63, 3.8) is 0 Å². The lowest BCUT2D eigenvalue weighted by Gasteiger charge is -2.34. The number of nitrogens with zero attached hydrogens (tertiary/aromatic N) is 6. The van der Waals surface area contributed by atoms with Gasteiger partial charge in [-0.1, -0.05) is 36.4 Å². The van der Waals surface area contributed by atoms with Crippen molar-refractivity contribution in [1.29, 1.82) is 0 Å². The molecule has 0 atom stereocenters. The Morgan fingerprint density at radius 2 is 1.59 bits per heavy atom. The summed E-state index contributed by atoms with van der Waals surface area (Å²) in [5, 5.41) is 8.23. The number of likely N-dealkylation sites (tertiary alicyclic amines) is 1. The van der Waals surface area contributed by atoms with Crippen LogP contribution in [0.3, 0.4) is 0 Å². The molecule has 3 aromatic carbocycles. The van der Waals surface area contributed by atoms with Crippen molar-refractivity contribution in [1.82, 2.24) is 30.0 Å². The van der Waals surface area contributed by atoms with Gasteiger partial charge in [0.25, 0.3) is 0 Å². The predicted molar refractivity (Wildman–Crippen MR) is 167 cm³/mol. The Labute approximate surface area is 254 Å². The fourth-order valence-electron chi connectivity index (χ4n) is 6.02. The van der Waals surface area contributed by atoms with Crippen LogP contribution in [-0.2, 0) is 11.3 Å². The van der Waals surface area contributed by atoms with E-state index >= 15 is 0 Å². The number of nitrogens with one attached hydrogen (secondary N) is 1. The zero-order chi connectivity index (χ0) is 30.0. The number of nitrogens with two attached hydrogens (primary N) is 1. The Bertz CT molecular complexity index is 1810. The molecule has 3 N–H and O–H groups in total. The van der Waals surface area contributed by atoms with Gasteiger partial charge >= 0.3 is 6.03 Å². The molecule has 2 aliphatic heterocycles. The SMILES string of the molecule is Nc1ncnc2c1c(-c1ccc(Oc3ccccc3)cc1)nn2C1CCN(Cc2ccccc2N2CCC(=O)NC2=O)CC1. The minimum atomic E-state index is -0.367. The van der Waals surface area contributed by atoms with Crippen LogP contribution >= 0.6 is 0 Å². The van der Waals surface area contributed by atoms with E-state index in [1.807, 2.05) is 83.5 Å². The number of hydrogen-bond donors (Lipinski definition) is 2. The van der Waals surface area contributed by atoms with E-state index in [0.29, 0.717) is 25.3 Å². The highest BCUT2D eigenvalue weighted by atomic mass is 16.5. The highest BCUT2D eigenvalue weighted by Gasteiger charge is 2.29. The number of piperidine rings is 1. The van der Waals surface area contributed by atoms with Gasteiger partial charge in [-0.15, -0.1) is 0 Å². The largest absolute Gasteiger partial charge is 0.457 e. The van der Waals surface area contributed by atoms with Gasteiger partial charge in [0.1, 0.15) is 29.3 Å². The van der Waals surface area contributed by atoms with Gasteiger partial charge in [0.2, 0.25) is 5.91 Å². The van der Waals surface area contributed by atoms with Crippen molar-refractivity contribution in [3.05, 3.63) is 90.8 Å². The van der Waals surface area contributed by atoms with Crippen molar-refractivity contribution < 1.29 is 14.3 Å². The zero-order valence-corrected chi connectivity index (χ0v) is 24.1. The van der Waals surface area contributed by atoms with E-state index in [2.05, 4.69) is 20.2 Å². The summed E-state index contributed by atoms with van der Waals surface area (Å²) in [6, 6.07) is 25.2. The minimum absolute atomic E-state index is 0.145. The number of aromatic nitrogens is 4. The van der Waals surface area contributed by atoms with Gasteiger partial charge < -0.3 is 10.5 Å². The molecule has 0 bridgehead atoms. The van der Waals surface area contributed by atoms with Gasteiger partial charge in [-0.25, -0.2) is 19.4 Å². The number of carbonyl (C=O) groups excluding carboxylic acids is 2. The number of amides is 3. The Kier molecular flexibility index (Phi) is 7.37. The third kappa shape index (κ3) is 5.45. The van der Waals surface area contributed by atoms with E-state index in [1.165, 1.54) is 6.33 Å². The summed E-state index contributed by atoms with van der Waals surface area (Å²) in [4.78, 5) is 37.1. The molecule has 0 saturated carbocycles. The maximum atomic E-state index is 12.5. The van der Waals surface area contributed by atoms with Crippen LogP contribution in [0.15, 0.2) is 85.2 Å². The molecule has 3 amide bonds. The first-order chi connectivity index (χ1) is 21.5. The molecule has 222 valence electrons. The third-order valence-electron chi connectivity index (χ3n) is 8.26. The topological polar surface area (TPSA) is 131 Å². The molecular formula is C33H32N8O3. The molecule has 4 heterocycles. The van der Waals surface area contributed by atoms with Gasteiger partial charge in [-0.05, 0) is 60.9 Å². The zero-order valence-electron chi connectivity index (χ0n) is 24.1. The van der Waals surface area contributed by atoms with E-state index in [-0.39, 0.29) is 18.0 Å². The maximum absolute atomic E-state index is 12.5. The highest BCUT2D eigenvalue weighted by Crippen LogP contribution is 2.35. The molecule has 44 heavy (non-hydrogen) atoms. The molecular weight excluding hydrogens is 556 g/mol. The van der Waals surface area contributed by atoms with Crippen molar-refractivity contribution >= 4 is 34.5 Å². The van der Waals surface area contributed by atoms with Crippen LogP contribution < -0.4 is 20.7 Å². The summed E-state index contributed by atoms with van der Waals surface area (Å²) >= 11 is 0. The second-order valence-corrected chi connectivity index (χ2v) is 11.1. The first-order valence-corrected chi connectivity index (χ1v) is 14.8. The Morgan fingerprint density at radius 1 is 0.864 bits per heavy atom. The summed E-state index contributed by atoms with van der Waals surface area (Å²) in [7, 11) is 0. The first kappa shape index (κ1) is 27.5. The summed E-state index contributed by atoms with van der Waals surface area (Å²) in [6.45, 7) is 2.80. The summed E-state index contributed by atoms with van der Waals surface area (Å²) in [5.74, 6) is 1.67. The molecule has 2 aromatic heterocycles. The van der Waals surface area contributed by atoms with Crippen LogP contribution in [0.5, 0.6) is 11.5 Å². The molecule has 0 radical (unpaired) electrons. The smallest absolute Gasteiger partial charge is 0.328 e. The van der Waals surface area contributed by atoms with E-state index < -0.39 is 0 Å². The Balaban J connectivity index is 1.08. The van der Waals surface area contributed by atoms with Gasteiger partial charge in [0.15, 0.2) is 5.65 Å². The number of rotatable bonds is 7. The molecule has 0 spiro atoms. The average molecular weight is 589 g/mol. The molecule has 0 aliphatic carbocycles. The standard InChI is InChI=1S/C33H32N8O3/c34-31-29-30(22-10-12-26(13-11-22)44-25-7-2-1-3-8-25)38-41(32(29)36-21-35-31)24-14-17-39(18-15-24)20-23-6-4-5-9-27(23)40-19-16-28(42)37-33(40)43/h1-13,21,24H,14-20H2,(H2,34,35,36)(H,37,42,43). The molecule has 2 saturated heterocycles. The van der Waals surface area contributed by atoms with Crippen molar-refractivity contribution in [3.8, 4) is 22.8 Å². The molecule has 2 fully saturated rings. The van der Waals surface area contributed by atoms with Crippen LogP contribution in [-0.4, -0.2) is 56.2 Å². The normalized spacial score (nSPS) is 16.3. The number of imide groups is 1. The van der Waals surface area contributed by atoms with Crippen molar-refractivity contribution in [2.24, 2.45) is 0 Å². The minimum Gasteiger partial charge on any atom is -0.457 e. The van der Waals surface area contributed by atoms with Crippen molar-refractivity contribution in [2.75, 3.05) is 30.3 Å². The number of nitrogen functional groups attached to an aromatic ring is 1. The molecule has 7 rings (SSSR count). The number of anilines is 2. The first-order valence-electron chi connectivity index (χ1n) is 14.8. The van der Waals surface area contributed by atoms with Crippen LogP contribution in [0, 0.1) is 0 Å². The Hall–Kier alpha value is -5.29. The number of ether oxygens (including phenoxy) is 1. The molecule has 0 unspecified atom stereocenters. The fourth-order valence-corrected chi connectivity index (χ4v) is 6.02. The maximum Gasteiger partial charge on any atom is 0.328 e. The quantitative estimate of drug-likeness (QED) is 0.267. The van der Waals surface area contributed by atoms with Gasteiger partial charge in [-0.3, -0.25) is 19.9 Å². The monoisotopic (exact) mass is 588 g/mol. The number of urea groups is 1. The highest BCUT2D eigenvalue weighted by molar-refractivity contribution is 6.06. The third-order valence-corrected chi connectivity index (χ3v) is 8.26. The predicted octanol–water partition coefficient (Wildman–Crippen LogP) is 5.15. The summed E-state index contributed by atoms with van der Waals surface area (Å²) in [5.41, 5.74) is 10.7. The van der Waals surface area contributed by atoms with Gasteiger partial charge in [0.05, 0.1) is 11.4 Å². The number of hydrogen-bond acceptors (Lipinski definition) is 8. The second-order valence-electron chi connectivity index (χ2n) is 11.1. The second kappa shape index (κ2) is 11.8.